The molecular weight excluding hydrogens is 272 g/mol. The molecule has 0 amide bonds. The summed E-state index contributed by atoms with van der Waals surface area (Å²) in [6, 6.07) is 10.8. The van der Waals surface area contributed by atoms with Crippen LogP contribution in [0.4, 0.5) is 0 Å². The minimum atomic E-state index is 0.810. The Balaban J connectivity index is 1.68. The predicted octanol–water partition coefficient (Wildman–Crippen LogP) is 3.18. The van der Waals surface area contributed by atoms with E-state index >= 15 is 0 Å². The highest BCUT2D eigenvalue weighted by Crippen LogP contribution is 2.12. The van der Waals surface area contributed by atoms with Crippen molar-refractivity contribution < 1.29 is 0 Å². The number of benzene rings is 1. The molecule has 0 bridgehead atoms. The summed E-state index contributed by atoms with van der Waals surface area (Å²) in [4.78, 5) is 0. The minimum Gasteiger partial charge on any atom is -0.268 e. The number of aryl methyl sites for hydroxylation is 2. The maximum Gasteiger partial charge on any atom is 0.0659 e. The van der Waals surface area contributed by atoms with Gasteiger partial charge in [-0.05, 0) is 48.1 Å². The van der Waals surface area contributed by atoms with Crippen molar-refractivity contribution in [2.75, 3.05) is 0 Å². The van der Waals surface area contributed by atoms with Crippen molar-refractivity contribution in [2.45, 2.75) is 33.2 Å². The summed E-state index contributed by atoms with van der Waals surface area (Å²) < 4.78 is 1.96. The van der Waals surface area contributed by atoms with Crippen LogP contribution in [0.25, 0.3) is 0 Å². The van der Waals surface area contributed by atoms with Gasteiger partial charge in [-0.15, -0.1) is 0 Å². The van der Waals surface area contributed by atoms with Crippen molar-refractivity contribution in [3.05, 3.63) is 76.9 Å². The van der Waals surface area contributed by atoms with E-state index in [0.29, 0.717) is 0 Å². The third-order valence-corrected chi connectivity index (χ3v) is 3.66. The lowest BCUT2D eigenvalue weighted by atomic mass is 10.0. The van der Waals surface area contributed by atoms with Gasteiger partial charge in [-0.1, -0.05) is 31.2 Å². The third kappa shape index (κ3) is 3.58. The summed E-state index contributed by atoms with van der Waals surface area (Å²) in [5.41, 5.74) is 5.99. The largest absolute Gasteiger partial charge is 0.268 e. The molecule has 0 radical (unpaired) electrons. The molecule has 2 heterocycles. The highest BCUT2D eigenvalue weighted by molar-refractivity contribution is 5.28. The molecule has 0 fully saturated rings. The normalized spacial score (nSPS) is 10.8. The van der Waals surface area contributed by atoms with E-state index in [1.54, 1.807) is 0 Å². The Hall–Kier alpha value is -2.49. The van der Waals surface area contributed by atoms with Crippen LogP contribution in [0.5, 0.6) is 0 Å². The van der Waals surface area contributed by atoms with Gasteiger partial charge in [-0.25, -0.2) is 0 Å². The molecule has 0 saturated carbocycles. The lowest BCUT2D eigenvalue weighted by Crippen LogP contribution is -2.00. The lowest BCUT2D eigenvalue weighted by molar-refractivity contribution is 0.686. The van der Waals surface area contributed by atoms with Crippen molar-refractivity contribution in [3.8, 4) is 0 Å². The molecule has 4 nitrogen and oxygen atoms in total. The number of aromatic nitrogens is 4. The summed E-state index contributed by atoms with van der Waals surface area (Å²) >= 11 is 0. The Morgan fingerprint density at radius 2 is 1.77 bits per heavy atom. The third-order valence-electron chi connectivity index (χ3n) is 3.66. The first-order chi connectivity index (χ1) is 10.7. The van der Waals surface area contributed by atoms with Crippen LogP contribution in [0.3, 0.4) is 0 Å². The minimum absolute atomic E-state index is 0.810. The van der Waals surface area contributed by atoms with E-state index in [1.807, 2.05) is 17.1 Å². The molecule has 3 rings (SSSR count). The fourth-order valence-corrected chi connectivity index (χ4v) is 2.47. The Bertz CT molecular complexity index is 744. The van der Waals surface area contributed by atoms with Crippen LogP contribution < -0.4 is 0 Å². The molecule has 0 aliphatic heterocycles. The van der Waals surface area contributed by atoms with Gasteiger partial charge in [0, 0.05) is 6.20 Å². The molecule has 112 valence electrons. The van der Waals surface area contributed by atoms with Gasteiger partial charge in [0.2, 0.25) is 0 Å². The maximum absolute atomic E-state index is 4.32. The summed E-state index contributed by atoms with van der Waals surface area (Å²) in [6.07, 6.45) is 7.60. The molecule has 0 aliphatic carbocycles. The van der Waals surface area contributed by atoms with Crippen LogP contribution in [0.1, 0.15) is 34.9 Å². The van der Waals surface area contributed by atoms with Gasteiger partial charge in [0.1, 0.15) is 0 Å². The van der Waals surface area contributed by atoms with Gasteiger partial charge < -0.3 is 0 Å². The molecule has 1 aromatic carbocycles. The Kier molecular flexibility index (Phi) is 4.28. The van der Waals surface area contributed by atoms with E-state index in [2.05, 4.69) is 65.7 Å². The van der Waals surface area contributed by atoms with Crippen molar-refractivity contribution in [1.29, 1.82) is 0 Å². The summed E-state index contributed by atoms with van der Waals surface area (Å²) in [6.45, 7) is 4.96. The summed E-state index contributed by atoms with van der Waals surface area (Å²) in [7, 11) is 0. The zero-order valence-corrected chi connectivity index (χ0v) is 13.0. The molecule has 22 heavy (non-hydrogen) atoms. The zero-order valence-electron chi connectivity index (χ0n) is 13.0. The second kappa shape index (κ2) is 6.52. The lowest BCUT2D eigenvalue weighted by Gasteiger charge is -2.06. The monoisotopic (exact) mass is 292 g/mol. The van der Waals surface area contributed by atoms with Gasteiger partial charge in [0.05, 0.1) is 24.6 Å². The molecule has 0 aliphatic rings. The highest BCUT2D eigenvalue weighted by Gasteiger charge is 2.01. The molecule has 0 N–H and O–H groups in total. The average molecular weight is 292 g/mol. The molecule has 2 aromatic heterocycles. The molecular formula is C18H20N4. The number of rotatable bonds is 5. The van der Waals surface area contributed by atoms with Gasteiger partial charge in [0.15, 0.2) is 0 Å². The first-order valence-corrected chi connectivity index (χ1v) is 7.60. The maximum atomic E-state index is 4.32. The highest BCUT2D eigenvalue weighted by atomic mass is 15.3. The average Bonchev–Trinajstić information content (AvgIpc) is 2.94. The van der Waals surface area contributed by atoms with E-state index < -0.39 is 0 Å². The molecule has 4 heteroatoms. The molecule has 0 spiro atoms. The second-order valence-electron chi connectivity index (χ2n) is 5.62. The van der Waals surface area contributed by atoms with E-state index in [-0.39, 0.29) is 0 Å². The van der Waals surface area contributed by atoms with Crippen LogP contribution in [-0.2, 0) is 19.4 Å². The van der Waals surface area contributed by atoms with E-state index in [9.17, 15) is 0 Å². The van der Waals surface area contributed by atoms with Crippen LogP contribution >= 0.6 is 0 Å². The van der Waals surface area contributed by atoms with Crippen molar-refractivity contribution in [2.24, 2.45) is 0 Å². The SMILES string of the molecule is CCc1cc(Cc2ccc(Cn3cc(C)cn3)cc2)cnn1. The van der Waals surface area contributed by atoms with Crippen LogP contribution in [-0.4, -0.2) is 20.0 Å². The van der Waals surface area contributed by atoms with Crippen LogP contribution in [0.2, 0.25) is 0 Å². The van der Waals surface area contributed by atoms with Crippen LogP contribution in [0.15, 0.2) is 48.9 Å². The van der Waals surface area contributed by atoms with E-state index in [0.717, 1.165) is 25.1 Å². The topological polar surface area (TPSA) is 43.6 Å². The van der Waals surface area contributed by atoms with Gasteiger partial charge in [0.25, 0.3) is 0 Å². The number of hydrogen-bond acceptors (Lipinski definition) is 3. The summed E-state index contributed by atoms with van der Waals surface area (Å²) in [5, 5.41) is 12.5. The predicted molar refractivity (Wildman–Crippen MR) is 86.7 cm³/mol. The fraction of sp³-hybridized carbons (Fsp3) is 0.278. The first-order valence-electron chi connectivity index (χ1n) is 7.60. The standard InChI is InChI=1S/C18H20N4/c1-3-18-9-17(11-19-21-18)8-15-4-6-16(7-5-15)13-22-12-14(2)10-20-22/h4-7,9-12H,3,8,13H2,1-2H3. The van der Waals surface area contributed by atoms with Gasteiger partial charge in [-0.2, -0.15) is 15.3 Å². The quantitative estimate of drug-likeness (QED) is 0.725. The van der Waals surface area contributed by atoms with Gasteiger partial charge >= 0.3 is 0 Å². The molecule has 3 aromatic rings. The second-order valence-corrected chi connectivity index (χ2v) is 5.62. The Labute approximate surface area is 130 Å². The van der Waals surface area contributed by atoms with Crippen molar-refractivity contribution >= 4 is 0 Å². The summed E-state index contributed by atoms with van der Waals surface area (Å²) in [5.74, 6) is 0. The Morgan fingerprint density at radius 3 is 2.45 bits per heavy atom. The van der Waals surface area contributed by atoms with E-state index in [1.165, 1.54) is 22.3 Å². The van der Waals surface area contributed by atoms with Crippen molar-refractivity contribution in [1.82, 2.24) is 20.0 Å². The number of nitrogens with zero attached hydrogens (tertiary/aromatic N) is 4. The molecule has 0 unspecified atom stereocenters. The van der Waals surface area contributed by atoms with Crippen LogP contribution in [0, 0.1) is 6.92 Å². The molecule has 0 saturated heterocycles. The first kappa shape index (κ1) is 14.4. The van der Waals surface area contributed by atoms with E-state index in [4.69, 9.17) is 0 Å². The molecule has 0 atom stereocenters. The van der Waals surface area contributed by atoms with Crippen molar-refractivity contribution in [3.63, 3.8) is 0 Å². The van der Waals surface area contributed by atoms with Gasteiger partial charge in [-0.3, -0.25) is 4.68 Å². The smallest absolute Gasteiger partial charge is 0.0659 e. The number of hydrogen-bond donors (Lipinski definition) is 0. The fourth-order valence-electron chi connectivity index (χ4n) is 2.47. The zero-order chi connectivity index (χ0) is 15.4. The Morgan fingerprint density at radius 1 is 1.00 bits per heavy atom.